The Bertz CT molecular complexity index is 457. The first-order valence-corrected chi connectivity index (χ1v) is 5.75. The minimum atomic E-state index is -4.61. The van der Waals surface area contributed by atoms with Crippen LogP contribution in [0.5, 0.6) is 0 Å². The van der Waals surface area contributed by atoms with E-state index in [0.29, 0.717) is 6.07 Å². The van der Waals surface area contributed by atoms with Crippen LogP contribution in [0.15, 0.2) is 18.2 Å². The van der Waals surface area contributed by atoms with Gasteiger partial charge in [-0.05, 0) is 17.5 Å². The summed E-state index contributed by atoms with van der Waals surface area (Å²) in [6.07, 6.45) is -5.68. The first kappa shape index (κ1) is 19.1. The van der Waals surface area contributed by atoms with Crippen molar-refractivity contribution in [1.29, 1.82) is 0 Å². The molecule has 0 aromatic heterocycles. The quantitative estimate of drug-likeness (QED) is 0.818. The second-order valence-corrected chi connectivity index (χ2v) is 5.57. The lowest BCUT2D eigenvalue weighted by Gasteiger charge is -2.31. The first-order chi connectivity index (χ1) is 8.44. The molecule has 0 aliphatic rings. The average Bonchev–Trinajstić information content (AvgIpc) is 2.24. The van der Waals surface area contributed by atoms with Gasteiger partial charge in [-0.1, -0.05) is 26.8 Å². The molecule has 116 valence electrons. The summed E-state index contributed by atoms with van der Waals surface area (Å²) in [6.45, 7) is 5.12. The molecule has 0 spiro atoms. The van der Waals surface area contributed by atoms with Gasteiger partial charge < -0.3 is 10.8 Å². The Morgan fingerprint density at radius 2 is 1.65 bits per heavy atom. The fraction of sp³-hybridized carbons (Fsp3) is 0.538. The van der Waals surface area contributed by atoms with Crippen molar-refractivity contribution in [1.82, 2.24) is 0 Å². The highest BCUT2D eigenvalue weighted by molar-refractivity contribution is 5.85. The van der Waals surface area contributed by atoms with E-state index in [9.17, 15) is 22.7 Å². The van der Waals surface area contributed by atoms with Crippen LogP contribution < -0.4 is 5.73 Å². The van der Waals surface area contributed by atoms with Gasteiger partial charge in [0.25, 0.3) is 0 Å². The molecule has 0 radical (unpaired) electrons. The van der Waals surface area contributed by atoms with Crippen molar-refractivity contribution in [2.45, 2.75) is 39.1 Å². The van der Waals surface area contributed by atoms with Crippen LogP contribution in [0.3, 0.4) is 0 Å². The van der Waals surface area contributed by atoms with Gasteiger partial charge in [0, 0.05) is 5.56 Å². The maximum Gasteiger partial charge on any atom is 0.416 e. The number of benzene rings is 1. The highest BCUT2D eigenvalue weighted by atomic mass is 35.5. The number of alkyl halides is 3. The minimum Gasteiger partial charge on any atom is -0.391 e. The van der Waals surface area contributed by atoms with E-state index in [4.69, 9.17) is 5.73 Å². The summed E-state index contributed by atoms with van der Waals surface area (Å²) >= 11 is 0. The van der Waals surface area contributed by atoms with Crippen LogP contribution in [0.4, 0.5) is 17.6 Å². The molecule has 0 saturated heterocycles. The molecule has 0 aliphatic heterocycles. The third kappa shape index (κ3) is 4.33. The molecule has 0 unspecified atom stereocenters. The number of hydrogen-bond acceptors (Lipinski definition) is 2. The van der Waals surface area contributed by atoms with Crippen LogP contribution in [0.25, 0.3) is 0 Å². The molecular formula is C13H18ClF4NO. The predicted octanol–water partition coefficient (Wildman–Crippen LogP) is 3.67. The van der Waals surface area contributed by atoms with E-state index in [1.165, 1.54) is 0 Å². The number of rotatable bonds is 2. The molecule has 1 aromatic rings. The Balaban J connectivity index is 0.00000361. The largest absolute Gasteiger partial charge is 0.416 e. The molecule has 2 nitrogen and oxygen atoms in total. The lowest BCUT2D eigenvalue weighted by molar-refractivity contribution is -0.137. The fourth-order valence-corrected chi connectivity index (χ4v) is 1.68. The Morgan fingerprint density at radius 3 is 2.00 bits per heavy atom. The number of aliphatic hydroxyl groups excluding tert-OH is 1. The van der Waals surface area contributed by atoms with E-state index < -0.39 is 35.1 Å². The number of nitrogens with two attached hydrogens (primary N) is 1. The lowest BCUT2D eigenvalue weighted by atomic mass is 9.82. The predicted molar refractivity (Wildman–Crippen MR) is 71.0 cm³/mol. The van der Waals surface area contributed by atoms with Gasteiger partial charge in [-0.25, -0.2) is 4.39 Å². The molecule has 0 bridgehead atoms. The van der Waals surface area contributed by atoms with Gasteiger partial charge in [0.2, 0.25) is 0 Å². The molecule has 2 atom stereocenters. The standard InChI is InChI=1S/C13H17F4NO.ClH/c1-12(2,3)11(19)10(18)8-5-4-7(6-9(8)14)13(15,16)17;/h4-6,10-11,19H,18H2,1-3H3;1H/t10-,11-;/m1./s1. The van der Waals surface area contributed by atoms with Gasteiger partial charge >= 0.3 is 6.18 Å². The normalized spacial score (nSPS) is 15.4. The zero-order chi connectivity index (χ0) is 15.0. The van der Waals surface area contributed by atoms with Crippen LogP contribution in [-0.4, -0.2) is 11.2 Å². The van der Waals surface area contributed by atoms with E-state index in [2.05, 4.69) is 0 Å². The highest BCUT2D eigenvalue weighted by Crippen LogP contribution is 2.33. The Kier molecular flexibility index (Phi) is 6.02. The van der Waals surface area contributed by atoms with Crippen molar-refractivity contribution in [3.63, 3.8) is 0 Å². The number of halogens is 5. The molecular weight excluding hydrogens is 298 g/mol. The molecule has 0 aliphatic carbocycles. The van der Waals surface area contributed by atoms with Crippen molar-refractivity contribution in [3.05, 3.63) is 35.1 Å². The summed E-state index contributed by atoms with van der Waals surface area (Å²) in [7, 11) is 0. The van der Waals surface area contributed by atoms with Gasteiger partial charge in [-0.3, -0.25) is 0 Å². The van der Waals surface area contributed by atoms with Crippen molar-refractivity contribution in [2.24, 2.45) is 11.1 Å². The van der Waals surface area contributed by atoms with Crippen molar-refractivity contribution < 1.29 is 22.7 Å². The third-order valence-electron chi connectivity index (χ3n) is 2.91. The molecule has 1 rings (SSSR count). The molecule has 0 heterocycles. The Hall–Kier alpha value is -0.850. The molecule has 0 amide bonds. The lowest BCUT2D eigenvalue weighted by Crippen LogP contribution is -2.37. The second kappa shape index (κ2) is 6.28. The Labute approximate surface area is 121 Å². The fourth-order valence-electron chi connectivity index (χ4n) is 1.68. The van der Waals surface area contributed by atoms with Crippen LogP contribution in [0.2, 0.25) is 0 Å². The van der Waals surface area contributed by atoms with Gasteiger partial charge in [0.1, 0.15) is 5.82 Å². The Morgan fingerprint density at radius 1 is 1.15 bits per heavy atom. The molecule has 3 N–H and O–H groups in total. The molecule has 0 saturated carbocycles. The van der Waals surface area contributed by atoms with E-state index in [1.807, 2.05) is 0 Å². The third-order valence-corrected chi connectivity index (χ3v) is 2.91. The van der Waals surface area contributed by atoms with Crippen molar-refractivity contribution >= 4 is 12.4 Å². The van der Waals surface area contributed by atoms with Crippen LogP contribution >= 0.6 is 12.4 Å². The maximum atomic E-state index is 13.7. The van der Waals surface area contributed by atoms with Crippen LogP contribution in [0, 0.1) is 11.2 Å². The van der Waals surface area contributed by atoms with E-state index >= 15 is 0 Å². The van der Waals surface area contributed by atoms with E-state index in [-0.39, 0.29) is 18.0 Å². The summed E-state index contributed by atoms with van der Waals surface area (Å²) in [5.74, 6) is -1.06. The molecule has 7 heteroatoms. The number of hydrogen-bond donors (Lipinski definition) is 2. The summed E-state index contributed by atoms with van der Waals surface area (Å²) in [4.78, 5) is 0. The zero-order valence-electron chi connectivity index (χ0n) is 11.3. The smallest absolute Gasteiger partial charge is 0.391 e. The van der Waals surface area contributed by atoms with Gasteiger partial charge in [-0.2, -0.15) is 13.2 Å². The summed E-state index contributed by atoms with van der Waals surface area (Å²) in [5, 5.41) is 9.95. The first-order valence-electron chi connectivity index (χ1n) is 5.75. The SMILES string of the molecule is CC(C)(C)[C@H](O)[C@H](N)c1ccc(C(F)(F)F)cc1F.Cl. The van der Waals surface area contributed by atoms with Crippen LogP contribution in [0.1, 0.15) is 37.9 Å². The number of aliphatic hydroxyl groups is 1. The van der Waals surface area contributed by atoms with Crippen molar-refractivity contribution in [3.8, 4) is 0 Å². The van der Waals surface area contributed by atoms with Crippen LogP contribution in [-0.2, 0) is 6.18 Å². The minimum absolute atomic E-state index is 0. The highest BCUT2D eigenvalue weighted by Gasteiger charge is 2.34. The topological polar surface area (TPSA) is 46.2 Å². The van der Waals surface area contributed by atoms with E-state index in [0.717, 1.165) is 12.1 Å². The maximum absolute atomic E-state index is 13.7. The van der Waals surface area contributed by atoms with Crippen molar-refractivity contribution in [2.75, 3.05) is 0 Å². The second-order valence-electron chi connectivity index (χ2n) is 5.57. The summed E-state index contributed by atoms with van der Waals surface area (Å²) in [5.41, 5.74) is 3.90. The molecule has 0 fully saturated rings. The summed E-state index contributed by atoms with van der Waals surface area (Å²) < 4.78 is 50.9. The monoisotopic (exact) mass is 315 g/mol. The van der Waals surface area contributed by atoms with Gasteiger partial charge in [-0.15, -0.1) is 12.4 Å². The van der Waals surface area contributed by atoms with E-state index in [1.54, 1.807) is 20.8 Å². The molecule has 1 aromatic carbocycles. The van der Waals surface area contributed by atoms with Gasteiger partial charge in [0.15, 0.2) is 0 Å². The molecule has 20 heavy (non-hydrogen) atoms. The van der Waals surface area contributed by atoms with Gasteiger partial charge in [0.05, 0.1) is 17.7 Å². The zero-order valence-corrected chi connectivity index (χ0v) is 12.1. The average molecular weight is 316 g/mol. The summed E-state index contributed by atoms with van der Waals surface area (Å²) in [6, 6.07) is 1.04.